The fourth-order valence-corrected chi connectivity index (χ4v) is 3.82. The van der Waals surface area contributed by atoms with E-state index in [4.69, 9.17) is 16.3 Å². The smallest absolute Gasteiger partial charge is 0.275 e. The first-order chi connectivity index (χ1) is 11.4. The third kappa shape index (κ3) is 3.52. The van der Waals surface area contributed by atoms with Crippen molar-refractivity contribution >= 4 is 27.5 Å². The summed E-state index contributed by atoms with van der Waals surface area (Å²) in [6, 6.07) is 10.3. The number of carbonyl (C=O) groups excluding carboxylic acids is 1. The Morgan fingerprint density at radius 1 is 1.29 bits per heavy atom. The molecule has 0 unspecified atom stereocenters. The first kappa shape index (κ1) is 16.7. The highest BCUT2D eigenvalue weighted by Crippen LogP contribution is 2.37. The van der Waals surface area contributed by atoms with E-state index < -0.39 is 22.0 Å². The number of sulfonamides is 1. The van der Waals surface area contributed by atoms with Crippen molar-refractivity contribution in [2.75, 3.05) is 0 Å². The van der Waals surface area contributed by atoms with Gasteiger partial charge in [0, 0.05) is 17.7 Å². The summed E-state index contributed by atoms with van der Waals surface area (Å²) in [4.78, 5) is 16.2. The van der Waals surface area contributed by atoms with Crippen LogP contribution in [0.25, 0.3) is 0 Å². The Bertz CT molecular complexity index is 868. The summed E-state index contributed by atoms with van der Waals surface area (Å²) in [5.41, 5.74) is 1.32. The summed E-state index contributed by atoms with van der Waals surface area (Å²) >= 11 is 5.67. The van der Waals surface area contributed by atoms with Crippen molar-refractivity contribution in [2.45, 2.75) is 24.7 Å². The number of fused-ring (bicyclic) bond motifs is 1. The molecule has 1 N–H and O–H groups in total. The maximum absolute atomic E-state index is 12.3. The van der Waals surface area contributed by atoms with Crippen LogP contribution >= 0.6 is 11.6 Å². The zero-order valence-corrected chi connectivity index (χ0v) is 14.3. The van der Waals surface area contributed by atoms with Crippen LogP contribution in [0.5, 0.6) is 5.75 Å². The van der Waals surface area contributed by atoms with Crippen LogP contribution in [0.15, 0.2) is 42.6 Å². The molecule has 0 saturated carbocycles. The first-order valence-corrected chi connectivity index (χ1v) is 9.29. The highest BCUT2D eigenvalue weighted by Gasteiger charge is 2.37. The van der Waals surface area contributed by atoms with Gasteiger partial charge in [-0.25, -0.2) is 18.1 Å². The van der Waals surface area contributed by atoms with Crippen LogP contribution < -0.4 is 9.46 Å². The molecular weight excluding hydrogens is 352 g/mol. The number of para-hydroxylation sites is 1. The van der Waals surface area contributed by atoms with Crippen LogP contribution in [0.1, 0.15) is 24.0 Å². The Labute approximate surface area is 144 Å². The summed E-state index contributed by atoms with van der Waals surface area (Å²) in [5, 5.41) is 0.270. The van der Waals surface area contributed by atoms with Gasteiger partial charge in [-0.15, -0.1) is 0 Å². The molecule has 2 atom stereocenters. The van der Waals surface area contributed by atoms with Gasteiger partial charge in [-0.05, 0) is 17.7 Å². The van der Waals surface area contributed by atoms with Gasteiger partial charge in [-0.1, -0.05) is 42.8 Å². The number of carbonyl (C=O) groups is 1. The lowest BCUT2D eigenvalue weighted by atomic mass is 9.97. The number of ether oxygens (including phenoxy) is 1. The SMILES string of the molecule is C[C@H]1c2ccccc2O[C@H]1C(=O)NS(=O)(=O)Cc1ccc(Cl)nc1. The number of hydrogen-bond donors (Lipinski definition) is 1. The second kappa shape index (κ2) is 6.41. The average Bonchev–Trinajstić information content (AvgIpc) is 2.87. The lowest BCUT2D eigenvalue weighted by Gasteiger charge is -2.15. The molecule has 3 rings (SSSR count). The van der Waals surface area contributed by atoms with E-state index in [2.05, 4.69) is 9.71 Å². The van der Waals surface area contributed by atoms with Crippen LogP contribution in [0.2, 0.25) is 5.15 Å². The molecule has 0 radical (unpaired) electrons. The van der Waals surface area contributed by atoms with Crippen LogP contribution in [-0.2, 0) is 20.6 Å². The minimum atomic E-state index is -3.86. The van der Waals surface area contributed by atoms with Crippen molar-refractivity contribution in [3.63, 3.8) is 0 Å². The van der Waals surface area contributed by atoms with E-state index in [1.54, 1.807) is 18.2 Å². The lowest BCUT2D eigenvalue weighted by molar-refractivity contribution is -0.126. The standard InChI is InChI=1S/C16H15ClN2O4S/c1-10-12-4-2-3-5-13(12)23-15(10)16(20)19-24(21,22)9-11-6-7-14(17)18-8-11/h2-8,10,15H,9H2,1H3,(H,19,20)/t10-,15+/m0/s1. The van der Waals surface area contributed by atoms with Gasteiger partial charge in [0.1, 0.15) is 10.9 Å². The van der Waals surface area contributed by atoms with Gasteiger partial charge in [0.25, 0.3) is 5.91 Å². The van der Waals surface area contributed by atoms with E-state index in [9.17, 15) is 13.2 Å². The average molecular weight is 367 g/mol. The molecule has 0 aliphatic carbocycles. The first-order valence-electron chi connectivity index (χ1n) is 7.26. The minimum absolute atomic E-state index is 0.228. The van der Waals surface area contributed by atoms with Crippen molar-refractivity contribution in [2.24, 2.45) is 0 Å². The van der Waals surface area contributed by atoms with Crippen LogP contribution in [0, 0.1) is 0 Å². The Kier molecular flexibility index (Phi) is 4.47. The zero-order valence-electron chi connectivity index (χ0n) is 12.8. The second-order valence-electron chi connectivity index (χ2n) is 5.58. The lowest BCUT2D eigenvalue weighted by Crippen LogP contribution is -2.42. The number of amides is 1. The van der Waals surface area contributed by atoms with Crippen LogP contribution in [0.4, 0.5) is 0 Å². The molecule has 2 aromatic rings. The quantitative estimate of drug-likeness (QED) is 0.839. The molecule has 1 aliphatic heterocycles. The molecular formula is C16H15ClN2O4S. The monoisotopic (exact) mass is 366 g/mol. The predicted molar refractivity (Wildman–Crippen MR) is 89.3 cm³/mol. The van der Waals surface area contributed by atoms with Crippen molar-refractivity contribution in [1.82, 2.24) is 9.71 Å². The summed E-state index contributed by atoms with van der Waals surface area (Å²) in [6.45, 7) is 1.83. The van der Waals surface area contributed by atoms with Gasteiger partial charge in [0.05, 0.1) is 5.75 Å². The number of nitrogens with zero attached hydrogens (tertiary/aromatic N) is 1. The van der Waals surface area contributed by atoms with E-state index in [-0.39, 0.29) is 16.8 Å². The molecule has 0 saturated heterocycles. The molecule has 0 spiro atoms. The van der Waals surface area contributed by atoms with E-state index in [0.29, 0.717) is 11.3 Å². The maximum atomic E-state index is 12.3. The topological polar surface area (TPSA) is 85.4 Å². The summed E-state index contributed by atoms with van der Waals surface area (Å²) in [7, 11) is -3.86. The number of aromatic nitrogens is 1. The van der Waals surface area contributed by atoms with E-state index in [0.717, 1.165) is 5.56 Å². The van der Waals surface area contributed by atoms with E-state index >= 15 is 0 Å². The Balaban J connectivity index is 1.69. The number of benzene rings is 1. The third-order valence-corrected chi connectivity index (χ3v) is 5.23. The molecule has 24 heavy (non-hydrogen) atoms. The number of pyridine rings is 1. The zero-order chi connectivity index (χ0) is 17.3. The molecule has 1 amide bonds. The Morgan fingerprint density at radius 3 is 2.71 bits per heavy atom. The second-order valence-corrected chi connectivity index (χ2v) is 7.69. The van der Waals surface area contributed by atoms with Gasteiger partial charge in [0.2, 0.25) is 10.0 Å². The van der Waals surface area contributed by atoms with Gasteiger partial charge in [0.15, 0.2) is 6.10 Å². The Hall–Kier alpha value is -2.12. The number of halogens is 1. The molecule has 0 bridgehead atoms. The highest BCUT2D eigenvalue weighted by molar-refractivity contribution is 7.89. The largest absolute Gasteiger partial charge is 0.480 e. The van der Waals surface area contributed by atoms with Crippen molar-refractivity contribution < 1.29 is 17.9 Å². The maximum Gasteiger partial charge on any atom is 0.275 e. The van der Waals surface area contributed by atoms with Gasteiger partial charge in [-0.3, -0.25) is 4.79 Å². The molecule has 2 heterocycles. The summed E-state index contributed by atoms with van der Waals surface area (Å²) in [6.07, 6.45) is 0.483. The van der Waals surface area contributed by atoms with Crippen molar-refractivity contribution in [3.8, 4) is 5.75 Å². The fourth-order valence-electron chi connectivity index (χ4n) is 2.61. The van der Waals surface area contributed by atoms with Crippen LogP contribution in [-0.4, -0.2) is 25.4 Å². The van der Waals surface area contributed by atoms with Gasteiger partial charge >= 0.3 is 0 Å². The molecule has 1 aromatic heterocycles. The van der Waals surface area contributed by atoms with Crippen molar-refractivity contribution in [1.29, 1.82) is 0 Å². The summed E-state index contributed by atoms with van der Waals surface area (Å²) < 4.78 is 32.0. The minimum Gasteiger partial charge on any atom is -0.480 e. The number of hydrogen-bond acceptors (Lipinski definition) is 5. The summed E-state index contributed by atoms with van der Waals surface area (Å²) in [5.74, 6) is -0.671. The molecule has 126 valence electrons. The molecule has 0 fully saturated rings. The van der Waals surface area contributed by atoms with Crippen molar-refractivity contribution in [3.05, 3.63) is 58.9 Å². The third-order valence-electron chi connectivity index (χ3n) is 3.78. The Morgan fingerprint density at radius 2 is 2.04 bits per heavy atom. The fraction of sp³-hybridized carbons (Fsp3) is 0.250. The van der Waals surface area contributed by atoms with Crippen LogP contribution in [0.3, 0.4) is 0 Å². The molecule has 6 nitrogen and oxygen atoms in total. The molecule has 1 aliphatic rings. The predicted octanol–water partition coefficient (Wildman–Crippen LogP) is 2.25. The van der Waals surface area contributed by atoms with E-state index in [1.165, 1.54) is 12.3 Å². The number of nitrogens with one attached hydrogen (secondary N) is 1. The highest BCUT2D eigenvalue weighted by atomic mass is 35.5. The molecule has 1 aromatic carbocycles. The normalized spacial score (nSPS) is 19.4. The van der Waals surface area contributed by atoms with E-state index in [1.807, 2.05) is 19.1 Å². The van der Waals surface area contributed by atoms with Gasteiger partial charge < -0.3 is 4.74 Å². The molecule has 8 heteroatoms. The number of rotatable bonds is 4. The van der Waals surface area contributed by atoms with Gasteiger partial charge in [-0.2, -0.15) is 0 Å².